The molecule has 0 spiro atoms. The molecule has 2 atom stereocenters. The van der Waals surface area contributed by atoms with E-state index in [2.05, 4.69) is 16.8 Å². The Morgan fingerprint density at radius 2 is 2.50 bits per heavy atom. The van der Waals surface area contributed by atoms with Crippen LogP contribution in [0.2, 0.25) is 0 Å². The van der Waals surface area contributed by atoms with Gasteiger partial charge in [0.1, 0.15) is 0 Å². The molecular weight excluding hydrogens is 244 g/mol. The van der Waals surface area contributed by atoms with Crippen LogP contribution in [0.25, 0.3) is 0 Å². The van der Waals surface area contributed by atoms with Crippen LogP contribution in [0.1, 0.15) is 31.7 Å². The zero-order chi connectivity index (χ0) is 13.0. The largest absolute Gasteiger partial charge is 0.342 e. The lowest BCUT2D eigenvalue weighted by molar-refractivity contribution is -0.133. The van der Waals surface area contributed by atoms with E-state index in [4.69, 9.17) is 5.73 Å². The van der Waals surface area contributed by atoms with Crippen molar-refractivity contribution in [3.8, 4) is 0 Å². The number of likely N-dealkylation sites (tertiary alicyclic amines) is 1. The zero-order valence-corrected chi connectivity index (χ0v) is 11.8. The first kappa shape index (κ1) is 13.6. The quantitative estimate of drug-likeness (QED) is 0.908. The predicted octanol–water partition coefficient (Wildman–Crippen LogP) is 2.27. The highest BCUT2D eigenvalue weighted by atomic mass is 32.1. The topological polar surface area (TPSA) is 46.3 Å². The van der Waals surface area contributed by atoms with E-state index in [1.165, 1.54) is 5.56 Å². The van der Waals surface area contributed by atoms with E-state index in [-0.39, 0.29) is 11.9 Å². The van der Waals surface area contributed by atoms with Crippen LogP contribution in [0.5, 0.6) is 0 Å². The molecule has 1 aliphatic heterocycles. The molecular formula is C14H22N2OS. The second-order valence-electron chi connectivity index (χ2n) is 5.23. The van der Waals surface area contributed by atoms with E-state index in [1.807, 2.05) is 11.8 Å². The lowest BCUT2D eigenvalue weighted by Crippen LogP contribution is -2.45. The Hall–Kier alpha value is -0.870. The maximum Gasteiger partial charge on any atom is 0.222 e. The summed E-state index contributed by atoms with van der Waals surface area (Å²) in [4.78, 5) is 14.2. The van der Waals surface area contributed by atoms with Crippen molar-refractivity contribution in [1.29, 1.82) is 0 Å². The highest BCUT2D eigenvalue weighted by Gasteiger charge is 2.25. The van der Waals surface area contributed by atoms with Crippen molar-refractivity contribution in [3.05, 3.63) is 22.4 Å². The first-order chi connectivity index (χ1) is 8.66. The lowest BCUT2D eigenvalue weighted by atomic mass is 9.92. The molecule has 1 fully saturated rings. The van der Waals surface area contributed by atoms with E-state index in [9.17, 15) is 4.79 Å². The number of carbonyl (C=O) groups excluding carboxylic acids is 1. The standard InChI is InChI=1S/C14H22N2OS/c1-11(15)13-3-2-7-16(9-13)14(17)5-4-12-6-8-18-10-12/h6,8,10-11,13H,2-5,7,9,15H2,1H3/t11-,13-/m1/s1. The van der Waals surface area contributed by atoms with E-state index in [1.54, 1.807) is 11.3 Å². The van der Waals surface area contributed by atoms with Gasteiger partial charge in [0.15, 0.2) is 0 Å². The number of carbonyl (C=O) groups is 1. The first-order valence-electron chi connectivity index (χ1n) is 6.71. The Balaban J connectivity index is 1.81. The van der Waals surface area contributed by atoms with Gasteiger partial charge in [-0.15, -0.1) is 0 Å². The minimum absolute atomic E-state index is 0.192. The van der Waals surface area contributed by atoms with Crippen molar-refractivity contribution in [2.24, 2.45) is 11.7 Å². The van der Waals surface area contributed by atoms with E-state index in [0.717, 1.165) is 32.4 Å². The third kappa shape index (κ3) is 3.56. The van der Waals surface area contributed by atoms with Gasteiger partial charge >= 0.3 is 0 Å². The van der Waals surface area contributed by atoms with Crippen LogP contribution in [0.4, 0.5) is 0 Å². The fourth-order valence-electron chi connectivity index (χ4n) is 2.51. The number of amides is 1. The summed E-state index contributed by atoms with van der Waals surface area (Å²) in [5, 5.41) is 4.18. The summed E-state index contributed by atoms with van der Waals surface area (Å²) >= 11 is 1.69. The fraction of sp³-hybridized carbons (Fsp3) is 0.643. The fourth-order valence-corrected chi connectivity index (χ4v) is 3.21. The Bertz CT molecular complexity index is 375. The number of rotatable bonds is 4. The Kier molecular flexibility index (Phi) is 4.78. The third-order valence-electron chi connectivity index (χ3n) is 3.76. The van der Waals surface area contributed by atoms with Crippen molar-refractivity contribution in [3.63, 3.8) is 0 Å². The van der Waals surface area contributed by atoms with Gasteiger partial charge in [-0.25, -0.2) is 0 Å². The molecule has 2 N–H and O–H groups in total. The van der Waals surface area contributed by atoms with Gasteiger partial charge in [0.25, 0.3) is 0 Å². The van der Waals surface area contributed by atoms with Crippen molar-refractivity contribution in [2.45, 2.75) is 38.6 Å². The normalized spacial score (nSPS) is 21.9. The molecule has 1 aliphatic rings. The van der Waals surface area contributed by atoms with Crippen LogP contribution in [0, 0.1) is 5.92 Å². The van der Waals surface area contributed by atoms with Crippen LogP contribution in [0.15, 0.2) is 16.8 Å². The van der Waals surface area contributed by atoms with Gasteiger partial charge in [-0.05, 0) is 54.5 Å². The third-order valence-corrected chi connectivity index (χ3v) is 4.49. The summed E-state index contributed by atoms with van der Waals surface area (Å²) in [6.07, 6.45) is 3.74. The van der Waals surface area contributed by atoms with Crippen molar-refractivity contribution >= 4 is 17.2 Å². The summed E-state index contributed by atoms with van der Waals surface area (Å²) in [6, 6.07) is 2.29. The highest BCUT2D eigenvalue weighted by Crippen LogP contribution is 2.20. The maximum atomic E-state index is 12.1. The van der Waals surface area contributed by atoms with Gasteiger partial charge in [0, 0.05) is 25.6 Å². The molecule has 2 rings (SSSR count). The number of piperidine rings is 1. The SMILES string of the molecule is C[C@@H](N)[C@@H]1CCCN(C(=O)CCc2ccsc2)C1. The Labute approximate surface area is 113 Å². The molecule has 2 heterocycles. The molecule has 1 saturated heterocycles. The average Bonchev–Trinajstić information content (AvgIpc) is 2.89. The van der Waals surface area contributed by atoms with Gasteiger partial charge in [-0.1, -0.05) is 0 Å². The average molecular weight is 266 g/mol. The summed E-state index contributed by atoms with van der Waals surface area (Å²) < 4.78 is 0. The molecule has 0 radical (unpaired) electrons. The Morgan fingerprint density at radius 1 is 1.67 bits per heavy atom. The molecule has 1 aromatic heterocycles. The minimum atomic E-state index is 0.192. The molecule has 18 heavy (non-hydrogen) atoms. The summed E-state index contributed by atoms with van der Waals surface area (Å²) in [7, 11) is 0. The Morgan fingerprint density at radius 3 is 3.17 bits per heavy atom. The van der Waals surface area contributed by atoms with Gasteiger partial charge in [-0.2, -0.15) is 11.3 Å². The second kappa shape index (κ2) is 6.34. The number of nitrogens with zero attached hydrogens (tertiary/aromatic N) is 1. The molecule has 0 bridgehead atoms. The zero-order valence-electron chi connectivity index (χ0n) is 11.0. The van der Waals surface area contributed by atoms with Crippen LogP contribution in [-0.4, -0.2) is 29.9 Å². The monoisotopic (exact) mass is 266 g/mol. The molecule has 0 saturated carbocycles. The van der Waals surface area contributed by atoms with Crippen molar-refractivity contribution in [1.82, 2.24) is 4.90 Å². The van der Waals surface area contributed by atoms with Crippen molar-refractivity contribution in [2.75, 3.05) is 13.1 Å². The number of hydrogen-bond donors (Lipinski definition) is 1. The molecule has 1 aromatic rings. The summed E-state index contributed by atoms with van der Waals surface area (Å²) in [6.45, 7) is 3.80. The maximum absolute atomic E-state index is 12.1. The van der Waals surface area contributed by atoms with Gasteiger partial charge in [0.2, 0.25) is 5.91 Å². The van der Waals surface area contributed by atoms with E-state index in [0.29, 0.717) is 12.3 Å². The highest BCUT2D eigenvalue weighted by molar-refractivity contribution is 7.07. The number of hydrogen-bond acceptors (Lipinski definition) is 3. The van der Waals surface area contributed by atoms with E-state index >= 15 is 0 Å². The van der Waals surface area contributed by atoms with Gasteiger partial charge in [-0.3, -0.25) is 4.79 Å². The molecule has 3 nitrogen and oxygen atoms in total. The van der Waals surface area contributed by atoms with Crippen LogP contribution < -0.4 is 5.73 Å². The number of thiophene rings is 1. The molecule has 0 unspecified atom stereocenters. The molecule has 4 heteroatoms. The molecule has 0 aromatic carbocycles. The van der Waals surface area contributed by atoms with Crippen molar-refractivity contribution < 1.29 is 4.79 Å². The van der Waals surface area contributed by atoms with Gasteiger partial charge in [0.05, 0.1) is 0 Å². The number of aryl methyl sites for hydroxylation is 1. The molecule has 1 amide bonds. The van der Waals surface area contributed by atoms with Crippen LogP contribution in [0.3, 0.4) is 0 Å². The molecule has 100 valence electrons. The summed E-state index contributed by atoms with van der Waals surface area (Å²) in [5.74, 6) is 0.760. The van der Waals surface area contributed by atoms with Crippen LogP contribution in [-0.2, 0) is 11.2 Å². The summed E-state index contributed by atoms with van der Waals surface area (Å²) in [5.41, 5.74) is 7.22. The number of nitrogens with two attached hydrogens (primary N) is 1. The van der Waals surface area contributed by atoms with E-state index < -0.39 is 0 Å². The predicted molar refractivity (Wildman–Crippen MR) is 75.6 cm³/mol. The van der Waals surface area contributed by atoms with Gasteiger partial charge < -0.3 is 10.6 Å². The second-order valence-corrected chi connectivity index (χ2v) is 6.01. The minimum Gasteiger partial charge on any atom is -0.342 e. The molecule has 0 aliphatic carbocycles. The smallest absolute Gasteiger partial charge is 0.222 e. The van der Waals surface area contributed by atoms with Crippen LogP contribution >= 0.6 is 11.3 Å². The lowest BCUT2D eigenvalue weighted by Gasteiger charge is -2.34. The first-order valence-corrected chi connectivity index (χ1v) is 7.65.